The van der Waals surface area contributed by atoms with Gasteiger partial charge in [0.2, 0.25) is 0 Å². The van der Waals surface area contributed by atoms with E-state index in [1.807, 2.05) is 7.05 Å². The molecule has 110 valence electrons. The third-order valence-electron chi connectivity index (χ3n) is 3.28. The van der Waals surface area contributed by atoms with Gasteiger partial charge in [-0.05, 0) is 25.6 Å². The largest absolute Gasteiger partial charge is 0.493 e. The first-order valence-electron chi connectivity index (χ1n) is 6.36. The highest BCUT2D eigenvalue weighted by Crippen LogP contribution is 2.38. The van der Waals surface area contributed by atoms with Crippen LogP contribution >= 0.6 is 11.6 Å². The molecule has 0 amide bonds. The summed E-state index contributed by atoms with van der Waals surface area (Å²) in [7, 11) is 4.88. The van der Waals surface area contributed by atoms with Gasteiger partial charge in [-0.1, -0.05) is 11.6 Å². The lowest BCUT2D eigenvalue weighted by Crippen LogP contribution is -2.21. The normalized spacial score (nSPS) is 18.9. The second-order valence-corrected chi connectivity index (χ2v) is 5.18. The lowest BCUT2D eigenvalue weighted by Gasteiger charge is -2.18. The molecule has 0 spiro atoms. The van der Waals surface area contributed by atoms with Crippen molar-refractivity contribution in [2.24, 2.45) is 0 Å². The van der Waals surface area contributed by atoms with Crippen molar-refractivity contribution in [3.63, 3.8) is 0 Å². The van der Waals surface area contributed by atoms with Gasteiger partial charge in [0, 0.05) is 13.1 Å². The fraction of sp³-hybridized carbons (Fsp3) is 0.500. The van der Waals surface area contributed by atoms with E-state index in [2.05, 4.69) is 9.64 Å². The van der Waals surface area contributed by atoms with Gasteiger partial charge < -0.3 is 19.1 Å². The van der Waals surface area contributed by atoms with Crippen LogP contribution in [0.2, 0.25) is 5.02 Å². The molecule has 1 fully saturated rings. The molecule has 0 saturated carbocycles. The van der Waals surface area contributed by atoms with Crippen LogP contribution < -0.4 is 9.47 Å². The van der Waals surface area contributed by atoms with Gasteiger partial charge >= 0.3 is 5.97 Å². The van der Waals surface area contributed by atoms with Gasteiger partial charge in [0.05, 0.1) is 24.8 Å². The Morgan fingerprint density at radius 2 is 2.15 bits per heavy atom. The summed E-state index contributed by atoms with van der Waals surface area (Å²) in [5, 5.41) is 0.347. The lowest BCUT2D eigenvalue weighted by atomic mass is 10.2. The number of rotatable bonds is 4. The molecule has 0 N–H and O–H groups in total. The Hall–Kier alpha value is -1.46. The van der Waals surface area contributed by atoms with E-state index in [0.717, 1.165) is 19.5 Å². The van der Waals surface area contributed by atoms with Crippen LogP contribution in [0.15, 0.2) is 12.1 Å². The topological polar surface area (TPSA) is 48.0 Å². The Bertz CT molecular complexity index is 506. The Morgan fingerprint density at radius 3 is 2.70 bits per heavy atom. The van der Waals surface area contributed by atoms with E-state index in [9.17, 15) is 4.79 Å². The average Bonchev–Trinajstić information content (AvgIpc) is 2.85. The second kappa shape index (κ2) is 6.33. The SMILES string of the molecule is COC(=O)c1cc(Cl)c(OC2CCN(C)C2)c(OC)c1. The molecule has 1 heterocycles. The van der Waals surface area contributed by atoms with Crippen LogP contribution in [0, 0.1) is 0 Å². The summed E-state index contributed by atoms with van der Waals surface area (Å²) in [4.78, 5) is 13.7. The molecule has 2 rings (SSSR count). The summed E-state index contributed by atoms with van der Waals surface area (Å²) in [6.07, 6.45) is 1.02. The first-order chi connectivity index (χ1) is 9.55. The van der Waals surface area contributed by atoms with Crippen LogP contribution in [-0.4, -0.2) is 51.3 Å². The van der Waals surface area contributed by atoms with Gasteiger partial charge in [-0.3, -0.25) is 0 Å². The predicted molar refractivity (Wildman–Crippen MR) is 75.9 cm³/mol. The van der Waals surface area contributed by atoms with Crippen molar-refractivity contribution in [3.8, 4) is 11.5 Å². The summed E-state index contributed by atoms with van der Waals surface area (Å²) in [5.41, 5.74) is 0.338. The van der Waals surface area contributed by atoms with Crippen LogP contribution in [0.4, 0.5) is 0 Å². The number of esters is 1. The van der Waals surface area contributed by atoms with E-state index in [1.165, 1.54) is 20.3 Å². The zero-order valence-electron chi connectivity index (χ0n) is 11.8. The monoisotopic (exact) mass is 299 g/mol. The molecule has 1 saturated heterocycles. The van der Waals surface area contributed by atoms with Crippen molar-refractivity contribution in [2.75, 3.05) is 34.4 Å². The maximum atomic E-state index is 11.5. The highest BCUT2D eigenvalue weighted by Gasteiger charge is 2.24. The molecule has 1 aliphatic heterocycles. The Labute approximate surface area is 123 Å². The summed E-state index contributed by atoms with van der Waals surface area (Å²) >= 11 is 6.20. The molecular formula is C14H18ClNO4. The van der Waals surface area contributed by atoms with E-state index in [0.29, 0.717) is 22.1 Å². The van der Waals surface area contributed by atoms with Crippen LogP contribution in [0.5, 0.6) is 11.5 Å². The quantitative estimate of drug-likeness (QED) is 0.798. The van der Waals surface area contributed by atoms with Crippen LogP contribution in [-0.2, 0) is 4.74 Å². The average molecular weight is 300 g/mol. The molecule has 5 nitrogen and oxygen atoms in total. The predicted octanol–water partition coefficient (Wildman–Crippen LogP) is 2.22. The lowest BCUT2D eigenvalue weighted by molar-refractivity contribution is 0.0600. The van der Waals surface area contributed by atoms with Gasteiger partial charge in [0.25, 0.3) is 0 Å². The molecule has 1 atom stereocenters. The smallest absolute Gasteiger partial charge is 0.338 e. The van der Waals surface area contributed by atoms with E-state index < -0.39 is 5.97 Å². The van der Waals surface area contributed by atoms with Crippen molar-refractivity contribution in [2.45, 2.75) is 12.5 Å². The number of methoxy groups -OCH3 is 2. The minimum atomic E-state index is -0.461. The van der Waals surface area contributed by atoms with Crippen molar-refractivity contribution in [1.29, 1.82) is 0 Å². The van der Waals surface area contributed by atoms with Gasteiger partial charge in [0.1, 0.15) is 6.10 Å². The molecule has 1 unspecified atom stereocenters. The fourth-order valence-electron chi connectivity index (χ4n) is 2.23. The Balaban J connectivity index is 2.26. The van der Waals surface area contributed by atoms with E-state index in [1.54, 1.807) is 6.07 Å². The highest BCUT2D eigenvalue weighted by atomic mass is 35.5. The number of carbonyl (C=O) groups excluding carboxylic acids is 1. The summed E-state index contributed by atoms with van der Waals surface area (Å²) in [6.45, 7) is 1.84. The van der Waals surface area contributed by atoms with Gasteiger partial charge in [-0.25, -0.2) is 4.79 Å². The molecule has 20 heavy (non-hydrogen) atoms. The Morgan fingerprint density at radius 1 is 1.40 bits per heavy atom. The molecule has 1 aromatic rings. The minimum Gasteiger partial charge on any atom is -0.493 e. The fourth-order valence-corrected chi connectivity index (χ4v) is 2.48. The van der Waals surface area contributed by atoms with Gasteiger partial charge in [0.15, 0.2) is 11.5 Å². The number of hydrogen-bond donors (Lipinski definition) is 0. The van der Waals surface area contributed by atoms with Crippen LogP contribution in [0.3, 0.4) is 0 Å². The molecule has 0 aliphatic carbocycles. The molecule has 0 radical (unpaired) electrons. The second-order valence-electron chi connectivity index (χ2n) is 4.77. The van der Waals surface area contributed by atoms with E-state index >= 15 is 0 Å². The third-order valence-corrected chi connectivity index (χ3v) is 3.56. The van der Waals surface area contributed by atoms with Crippen LogP contribution in [0.25, 0.3) is 0 Å². The maximum Gasteiger partial charge on any atom is 0.338 e. The first-order valence-corrected chi connectivity index (χ1v) is 6.74. The zero-order valence-corrected chi connectivity index (χ0v) is 12.6. The third kappa shape index (κ3) is 3.16. The van der Waals surface area contributed by atoms with Gasteiger partial charge in [-0.2, -0.15) is 0 Å². The zero-order chi connectivity index (χ0) is 14.7. The number of likely N-dealkylation sites (N-methyl/N-ethyl adjacent to an activating group) is 1. The van der Waals surface area contributed by atoms with Crippen molar-refractivity contribution < 1.29 is 19.0 Å². The molecule has 0 bridgehead atoms. The summed E-state index contributed by atoms with van der Waals surface area (Å²) < 4.78 is 15.9. The van der Waals surface area contributed by atoms with Gasteiger partial charge in [-0.15, -0.1) is 0 Å². The summed E-state index contributed by atoms with van der Waals surface area (Å²) in [6, 6.07) is 3.11. The molecule has 6 heteroatoms. The first kappa shape index (κ1) is 14.9. The standard InChI is InChI=1S/C14H18ClNO4/c1-16-5-4-10(8-16)20-13-11(15)6-9(14(17)19-3)7-12(13)18-2/h6-7,10H,4-5,8H2,1-3H3. The number of ether oxygens (including phenoxy) is 3. The number of benzene rings is 1. The highest BCUT2D eigenvalue weighted by molar-refractivity contribution is 6.32. The van der Waals surface area contributed by atoms with E-state index in [4.69, 9.17) is 21.1 Å². The maximum absolute atomic E-state index is 11.5. The molecular weight excluding hydrogens is 282 g/mol. The molecule has 1 aromatic carbocycles. The molecule has 1 aliphatic rings. The van der Waals surface area contributed by atoms with Crippen LogP contribution in [0.1, 0.15) is 16.8 Å². The number of nitrogens with zero attached hydrogens (tertiary/aromatic N) is 1. The minimum absolute atomic E-state index is 0.0791. The Kier molecular flexibility index (Phi) is 4.73. The van der Waals surface area contributed by atoms with Crippen molar-refractivity contribution in [1.82, 2.24) is 4.90 Å². The summed E-state index contributed by atoms with van der Waals surface area (Å²) in [5.74, 6) is 0.451. The number of carbonyl (C=O) groups is 1. The number of likely N-dealkylation sites (tertiary alicyclic amines) is 1. The van der Waals surface area contributed by atoms with Crippen molar-refractivity contribution in [3.05, 3.63) is 22.7 Å². The number of hydrogen-bond acceptors (Lipinski definition) is 5. The van der Waals surface area contributed by atoms with Crippen molar-refractivity contribution >= 4 is 17.6 Å². The number of halogens is 1. The van der Waals surface area contributed by atoms with E-state index in [-0.39, 0.29) is 6.10 Å². The molecule has 0 aromatic heterocycles.